The van der Waals surface area contributed by atoms with E-state index in [2.05, 4.69) is 10.3 Å². The van der Waals surface area contributed by atoms with E-state index in [0.29, 0.717) is 21.1 Å². The number of non-ortho nitro benzene ring substituents is 1. The van der Waals surface area contributed by atoms with Crippen LogP contribution in [0.2, 0.25) is 5.02 Å². The predicted octanol–water partition coefficient (Wildman–Crippen LogP) is 4.14. The van der Waals surface area contributed by atoms with Gasteiger partial charge < -0.3 is 5.32 Å². The molecule has 9 nitrogen and oxygen atoms in total. The predicted molar refractivity (Wildman–Crippen MR) is 119 cm³/mol. The van der Waals surface area contributed by atoms with Crippen LogP contribution in [0.5, 0.6) is 0 Å². The summed E-state index contributed by atoms with van der Waals surface area (Å²) in [4.78, 5) is 40.1. The van der Waals surface area contributed by atoms with Crippen molar-refractivity contribution in [2.24, 2.45) is 0 Å². The lowest BCUT2D eigenvalue weighted by atomic mass is 10.1. The maximum atomic E-state index is 12.9. The highest BCUT2D eigenvalue weighted by atomic mass is 35.5. The molecule has 0 atom stereocenters. The number of halogens is 1. The van der Waals surface area contributed by atoms with E-state index >= 15 is 0 Å². The van der Waals surface area contributed by atoms with E-state index in [4.69, 9.17) is 11.6 Å². The fourth-order valence-electron chi connectivity index (χ4n) is 2.87. The molecule has 1 N–H and O–H groups in total. The number of nitrogens with zero attached hydrogens (tertiary/aromatic N) is 4. The number of rotatable bonds is 6. The maximum Gasteiger partial charge on any atom is 0.270 e. The lowest BCUT2D eigenvalue weighted by Crippen LogP contribution is -2.25. The summed E-state index contributed by atoms with van der Waals surface area (Å²) in [5.41, 5.74) is 0.0911. The Morgan fingerprint density at radius 3 is 2.74 bits per heavy atom. The van der Waals surface area contributed by atoms with Gasteiger partial charge in [-0.25, -0.2) is 4.98 Å². The van der Waals surface area contributed by atoms with Gasteiger partial charge in [0, 0.05) is 23.2 Å². The summed E-state index contributed by atoms with van der Waals surface area (Å²) >= 11 is 7.08. The van der Waals surface area contributed by atoms with Crippen LogP contribution in [0.4, 0.5) is 11.4 Å². The molecule has 1 amide bonds. The minimum atomic E-state index is -0.620. The van der Waals surface area contributed by atoms with E-state index < -0.39 is 10.8 Å². The van der Waals surface area contributed by atoms with Crippen LogP contribution in [-0.2, 0) is 4.79 Å². The van der Waals surface area contributed by atoms with Gasteiger partial charge in [0.2, 0.25) is 5.91 Å². The molecule has 0 aliphatic carbocycles. The van der Waals surface area contributed by atoms with Gasteiger partial charge in [-0.3, -0.25) is 24.3 Å². The van der Waals surface area contributed by atoms with Gasteiger partial charge in [-0.1, -0.05) is 23.4 Å². The topological polar surface area (TPSA) is 131 Å². The number of fused-ring (bicyclic) bond motifs is 1. The van der Waals surface area contributed by atoms with E-state index in [-0.39, 0.29) is 34.3 Å². The van der Waals surface area contributed by atoms with Crippen molar-refractivity contribution in [3.8, 4) is 6.07 Å². The van der Waals surface area contributed by atoms with Crippen molar-refractivity contribution < 1.29 is 9.72 Å². The lowest BCUT2D eigenvalue weighted by molar-refractivity contribution is -0.384. The van der Waals surface area contributed by atoms with Gasteiger partial charge in [0.25, 0.3) is 11.2 Å². The van der Waals surface area contributed by atoms with E-state index in [1.807, 2.05) is 19.9 Å². The van der Waals surface area contributed by atoms with Gasteiger partial charge in [-0.15, -0.1) is 0 Å². The second-order valence-electron chi connectivity index (χ2n) is 6.76. The smallest absolute Gasteiger partial charge is 0.270 e. The Morgan fingerprint density at radius 1 is 1.35 bits per heavy atom. The maximum absolute atomic E-state index is 12.9. The first-order valence-corrected chi connectivity index (χ1v) is 10.4. The number of nitro benzene ring substituents is 1. The van der Waals surface area contributed by atoms with Gasteiger partial charge in [-0.05, 0) is 38.1 Å². The second kappa shape index (κ2) is 9.16. The summed E-state index contributed by atoms with van der Waals surface area (Å²) in [6.45, 7) is 3.68. The summed E-state index contributed by atoms with van der Waals surface area (Å²) in [5, 5.41) is 23.9. The molecule has 0 bridgehead atoms. The molecule has 3 aromatic rings. The normalized spacial score (nSPS) is 10.8. The first-order valence-electron chi connectivity index (χ1n) is 9.04. The number of amides is 1. The third kappa shape index (κ3) is 4.84. The summed E-state index contributed by atoms with van der Waals surface area (Å²) in [5.74, 6) is -0.543. The summed E-state index contributed by atoms with van der Waals surface area (Å²) < 4.78 is 1.50. The quantitative estimate of drug-likeness (QED) is 0.254. The van der Waals surface area contributed by atoms with Gasteiger partial charge in [0.05, 0.1) is 32.8 Å². The Labute approximate surface area is 185 Å². The molecule has 1 heterocycles. The Hall–Kier alpha value is -3.42. The monoisotopic (exact) mass is 457 g/mol. The van der Waals surface area contributed by atoms with Crippen LogP contribution < -0.4 is 10.9 Å². The number of carbonyl (C=O) groups is 1. The molecule has 0 aliphatic heterocycles. The first kappa shape index (κ1) is 22.3. The molecule has 3 rings (SSSR count). The Balaban J connectivity index is 1.85. The molecule has 0 fully saturated rings. The van der Waals surface area contributed by atoms with E-state index in [9.17, 15) is 25.0 Å². The zero-order chi connectivity index (χ0) is 22.7. The number of anilines is 1. The average Bonchev–Trinajstić information content (AvgIpc) is 2.71. The molecular weight excluding hydrogens is 442 g/mol. The fraction of sp³-hybridized carbons (Fsp3) is 0.200. The Bertz CT molecular complexity index is 1300. The van der Waals surface area contributed by atoms with Gasteiger partial charge in [0.15, 0.2) is 5.16 Å². The number of nitrogens with one attached hydrogen (secondary N) is 1. The van der Waals surface area contributed by atoms with Crippen molar-refractivity contribution in [3.05, 3.63) is 67.5 Å². The fourth-order valence-corrected chi connectivity index (χ4v) is 3.97. The van der Waals surface area contributed by atoms with Crippen molar-refractivity contribution >= 4 is 51.5 Å². The van der Waals surface area contributed by atoms with E-state index in [1.54, 1.807) is 18.2 Å². The SMILES string of the molecule is CC(C)n1c(SCC(=O)Nc2ccc([N+](=O)[O-])cc2C#N)nc2cc(Cl)ccc2c1=O. The molecule has 2 aromatic carbocycles. The molecule has 0 spiro atoms. The summed E-state index contributed by atoms with van der Waals surface area (Å²) in [7, 11) is 0. The second-order valence-corrected chi connectivity index (χ2v) is 8.14. The van der Waals surface area contributed by atoms with Crippen molar-refractivity contribution in [3.63, 3.8) is 0 Å². The average molecular weight is 458 g/mol. The molecule has 158 valence electrons. The first-order chi connectivity index (χ1) is 14.7. The van der Waals surface area contributed by atoms with Gasteiger partial charge in [-0.2, -0.15) is 5.26 Å². The third-order valence-electron chi connectivity index (χ3n) is 4.29. The molecule has 0 aliphatic rings. The number of benzene rings is 2. The minimum absolute atomic E-state index is 0.0230. The van der Waals surface area contributed by atoms with Crippen molar-refractivity contribution in [1.82, 2.24) is 9.55 Å². The number of hydrogen-bond acceptors (Lipinski definition) is 7. The minimum Gasteiger partial charge on any atom is -0.324 e. The number of nitro groups is 1. The third-order valence-corrected chi connectivity index (χ3v) is 5.48. The van der Waals surface area contributed by atoms with E-state index in [1.165, 1.54) is 16.7 Å². The van der Waals surface area contributed by atoms with Gasteiger partial charge >= 0.3 is 0 Å². The molecule has 0 unspecified atom stereocenters. The lowest BCUT2D eigenvalue weighted by Gasteiger charge is -2.16. The van der Waals surface area contributed by atoms with Crippen LogP contribution in [-0.4, -0.2) is 26.1 Å². The standard InChI is InChI=1S/C20H16ClN5O4S/c1-11(2)25-19(28)15-5-3-13(21)8-17(15)24-20(25)31-10-18(27)23-16-6-4-14(26(29)30)7-12(16)9-22/h3-8,11H,10H2,1-2H3,(H,23,27). The van der Waals surface area contributed by atoms with Crippen LogP contribution in [0.1, 0.15) is 25.5 Å². The van der Waals surface area contributed by atoms with Crippen LogP contribution in [0.3, 0.4) is 0 Å². The number of aromatic nitrogens is 2. The molecule has 0 radical (unpaired) electrons. The van der Waals surface area contributed by atoms with Crippen LogP contribution in [0.15, 0.2) is 46.3 Å². The van der Waals surface area contributed by atoms with E-state index in [0.717, 1.165) is 17.8 Å². The number of hydrogen-bond donors (Lipinski definition) is 1. The van der Waals surface area contributed by atoms with Crippen molar-refractivity contribution in [1.29, 1.82) is 5.26 Å². The van der Waals surface area contributed by atoms with Crippen molar-refractivity contribution in [2.75, 3.05) is 11.1 Å². The zero-order valence-electron chi connectivity index (χ0n) is 16.5. The summed E-state index contributed by atoms with van der Waals surface area (Å²) in [6.07, 6.45) is 0. The molecule has 1 aromatic heterocycles. The highest BCUT2D eigenvalue weighted by Crippen LogP contribution is 2.24. The van der Waals surface area contributed by atoms with Crippen LogP contribution in [0.25, 0.3) is 10.9 Å². The molecule has 0 saturated carbocycles. The molecule has 0 saturated heterocycles. The largest absolute Gasteiger partial charge is 0.324 e. The van der Waals surface area contributed by atoms with Crippen molar-refractivity contribution in [2.45, 2.75) is 25.0 Å². The number of carbonyl (C=O) groups excluding carboxylic acids is 1. The molecule has 11 heteroatoms. The van der Waals surface area contributed by atoms with Gasteiger partial charge in [0.1, 0.15) is 6.07 Å². The zero-order valence-corrected chi connectivity index (χ0v) is 18.0. The van der Waals surface area contributed by atoms with Crippen LogP contribution in [0, 0.1) is 21.4 Å². The van der Waals surface area contributed by atoms with Crippen LogP contribution >= 0.6 is 23.4 Å². The highest BCUT2D eigenvalue weighted by Gasteiger charge is 2.17. The molecular formula is C20H16ClN5O4S. The molecule has 31 heavy (non-hydrogen) atoms. The Morgan fingerprint density at radius 2 is 2.10 bits per heavy atom. The Kier molecular flexibility index (Phi) is 6.58. The highest BCUT2D eigenvalue weighted by molar-refractivity contribution is 7.99. The number of thioether (sulfide) groups is 1. The summed E-state index contributed by atoms with van der Waals surface area (Å²) in [6, 6.07) is 10.1. The number of nitriles is 1.